The molecule has 2 amide bonds. The molecule has 3 aromatic carbocycles. The average Bonchev–Trinajstić information content (AvgIpc) is 2.84. The third-order valence-electron chi connectivity index (χ3n) is 5.83. The summed E-state index contributed by atoms with van der Waals surface area (Å²) in [6, 6.07) is 23.1. The molecule has 1 N–H and O–H groups in total. The van der Waals surface area contributed by atoms with Gasteiger partial charge in [-0.05, 0) is 54.8 Å². The number of likely N-dealkylation sites (N-methyl/N-ethyl adjacent to an activating group) is 1. The molecule has 0 spiro atoms. The first-order valence-corrected chi connectivity index (χ1v) is 14.6. The largest absolute Gasteiger partial charge is 0.355 e. The van der Waals surface area contributed by atoms with E-state index >= 15 is 0 Å². The van der Waals surface area contributed by atoms with Gasteiger partial charge in [-0.3, -0.25) is 13.9 Å². The zero-order chi connectivity index (χ0) is 27.0. The molecule has 0 aliphatic carbocycles. The lowest BCUT2D eigenvalue weighted by Crippen LogP contribution is -2.53. The summed E-state index contributed by atoms with van der Waals surface area (Å²) in [6.07, 6.45) is 1.36. The van der Waals surface area contributed by atoms with Crippen LogP contribution >= 0.6 is 15.9 Å². The third kappa shape index (κ3) is 8.16. The fourth-order valence-electron chi connectivity index (χ4n) is 4.07. The summed E-state index contributed by atoms with van der Waals surface area (Å²) in [6.45, 7) is 3.79. The van der Waals surface area contributed by atoms with Crippen LogP contribution in [-0.2, 0) is 32.6 Å². The molecule has 196 valence electrons. The average molecular weight is 587 g/mol. The van der Waals surface area contributed by atoms with Crippen LogP contribution in [0.15, 0.2) is 83.3 Å². The van der Waals surface area contributed by atoms with Crippen molar-refractivity contribution in [3.63, 3.8) is 0 Å². The van der Waals surface area contributed by atoms with E-state index < -0.39 is 28.5 Å². The lowest BCUT2D eigenvalue weighted by molar-refractivity contribution is -0.140. The molecule has 0 bridgehead atoms. The molecule has 3 rings (SSSR count). The van der Waals surface area contributed by atoms with E-state index in [0.29, 0.717) is 12.2 Å². The number of carbonyl (C=O) groups is 2. The lowest BCUT2D eigenvalue weighted by Gasteiger charge is -2.33. The quantitative estimate of drug-likeness (QED) is 0.363. The summed E-state index contributed by atoms with van der Waals surface area (Å²) in [7, 11) is -3.78. The Morgan fingerprint density at radius 3 is 2.24 bits per heavy atom. The van der Waals surface area contributed by atoms with Gasteiger partial charge in [-0.2, -0.15) is 0 Å². The van der Waals surface area contributed by atoms with Gasteiger partial charge in [-0.25, -0.2) is 8.42 Å². The molecule has 0 fully saturated rings. The number of rotatable bonds is 11. The lowest BCUT2D eigenvalue weighted by atomic mass is 10.0. The Balaban J connectivity index is 2.04. The van der Waals surface area contributed by atoms with Gasteiger partial charge in [0.25, 0.3) is 0 Å². The number of nitrogens with zero attached hydrogens (tertiary/aromatic N) is 2. The number of benzene rings is 3. The van der Waals surface area contributed by atoms with Crippen LogP contribution in [0.2, 0.25) is 0 Å². The van der Waals surface area contributed by atoms with Gasteiger partial charge in [0.2, 0.25) is 21.8 Å². The summed E-state index contributed by atoms with van der Waals surface area (Å²) < 4.78 is 27.5. The summed E-state index contributed by atoms with van der Waals surface area (Å²) in [5.74, 6) is -0.768. The highest BCUT2D eigenvalue weighted by Crippen LogP contribution is 2.22. The van der Waals surface area contributed by atoms with Gasteiger partial charge in [0, 0.05) is 24.0 Å². The van der Waals surface area contributed by atoms with Crippen LogP contribution in [0.25, 0.3) is 0 Å². The van der Waals surface area contributed by atoms with Crippen LogP contribution in [0.5, 0.6) is 0 Å². The minimum atomic E-state index is -3.78. The van der Waals surface area contributed by atoms with Crippen molar-refractivity contribution in [2.75, 3.05) is 23.7 Å². The summed E-state index contributed by atoms with van der Waals surface area (Å²) in [5, 5.41) is 2.85. The first kappa shape index (κ1) is 28.4. The Bertz CT molecular complexity index is 1330. The van der Waals surface area contributed by atoms with E-state index in [-0.39, 0.29) is 18.9 Å². The highest BCUT2D eigenvalue weighted by molar-refractivity contribution is 9.10. The van der Waals surface area contributed by atoms with Crippen molar-refractivity contribution >= 4 is 43.5 Å². The maximum Gasteiger partial charge on any atom is 0.244 e. The highest BCUT2D eigenvalue weighted by Gasteiger charge is 2.32. The Labute approximate surface area is 227 Å². The molecule has 9 heteroatoms. The number of nitrogens with one attached hydrogen (secondary N) is 1. The Morgan fingerprint density at radius 1 is 0.946 bits per heavy atom. The molecule has 3 aromatic rings. The van der Waals surface area contributed by atoms with Crippen molar-refractivity contribution in [3.8, 4) is 0 Å². The molecule has 0 aromatic heterocycles. The molecular formula is C28H32BrN3O4S. The molecule has 37 heavy (non-hydrogen) atoms. The topological polar surface area (TPSA) is 86.8 Å². The van der Waals surface area contributed by atoms with Gasteiger partial charge in [-0.1, -0.05) is 70.5 Å². The van der Waals surface area contributed by atoms with Crippen molar-refractivity contribution in [3.05, 3.63) is 100 Å². The smallest absolute Gasteiger partial charge is 0.244 e. The zero-order valence-corrected chi connectivity index (χ0v) is 23.6. The number of sulfonamides is 1. The second-order valence-electron chi connectivity index (χ2n) is 8.86. The summed E-state index contributed by atoms with van der Waals surface area (Å²) in [4.78, 5) is 28.7. The number of aryl methyl sites for hydroxylation is 1. The van der Waals surface area contributed by atoms with E-state index in [1.165, 1.54) is 4.90 Å². The minimum Gasteiger partial charge on any atom is -0.355 e. The standard InChI is InChI=1S/C28H32BrN3O4S/c1-4-30-28(34)26(18-22-11-6-5-7-12-22)31(19-23-13-9-14-24(29)17-23)27(33)20-32(37(3,35)36)25-15-8-10-21(2)16-25/h5-17,26H,4,18-20H2,1-3H3,(H,30,34)/t26-/m0/s1. The predicted molar refractivity (Wildman–Crippen MR) is 151 cm³/mol. The van der Waals surface area contributed by atoms with Crippen molar-refractivity contribution in [2.24, 2.45) is 0 Å². The van der Waals surface area contributed by atoms with Crippen molar-refractivity contribution in [1.29, 1.82) is 0 Å². The molecule has 0 unspecified atom stereocenters. The fraction of sp³-hybridized carbons (Fsp3) is 0.286. The van der Waals surface area contributed by atoms with E-state index in [2.05, 4.69) is 21.2 Å². The highest BCUT2D eigenvalue weighted by atomic mass is 79.9. The van der Waals surface area contributed by atoms with Gasteiger partial charge < -0.3 is 10.2 Å². The van der Waals surface area contributed by atoms with Crippen molar-refractivity contribution in [1.82, 2.24) is 10.2 Å². The van der Waals surface area contributed by atoms with Crippen LogP contribution in [0.1, 0.15) is 23.6 Å². The van der Waals surface area contributed by atoms with Gasteiger partial charge in [0.05, 0.1) is 11.9 Å². The monoisotopic (exact) mass is 585 g/mol. The van der Waals surface area contributed by atoms with Crippen LogP contribution in [0.3, 0.4) is 0 Å². The first-order chi connectivity index (χ1) is 17.6. The Hall–Kier alpha value is -3.17. The Kier molecular flexibility index (Phi) is 9.88. The maximum atomic E-state index is 13.9. The predicted octanol–water partition coefficient (Wildman–Crippen LogP) is 4.30. The number of halogens is 1. The molecule has 0 aliphatic heterocycles. The SMILES string of the molecule is CCNC(=O)[C@H](Cc1ccccc1)N(Cc1cccc(Br)c1)C(=O)CN(c1cccc(C)c1)S(C)(=O)=O. The first-order valence-electron chi connectivity index (χ1n) is 12.0. The fourth-order valence-corrected chi connectivity index (χ4v) is 5.36. The number of anilines is 1. The van der Waals surface area contributed by atoms with Gasteiger partial charge in [-0.15, -0.1) is 0 Å². The van der Waals surface area contributed by atoms with E-state index in [1.807, 2.05) is 74.5 Å². The van der Waals surface area contributed by atoms with Crippen LogP contribution in [0, 0.1) is 6.92 Å². The van der Waals surface area contributed by atoms with Crippen molar-refractivity contribution in [2.45, 2.75) is 32.9 Å². The molecule has 0 aliphatic rings. The molecule has 0 radical (unpaired) electrons. The molecule has 0 saturated heterocycles. The molecule has 0 saturated carbocycles. The second-order valence-corrected chi connectivity index (χ2v) is 11.7. The molecule has 1 atom stereocenters. The number of carbonyl (C=O) groups excluding carboxylic acids is 2. The summed E-state index contributed by atoms with van der Waals surface area (Å²) >= 11 is 3.47. The number of hydrogen-bond donors (Lipinski definition) is 1. The van der Waals surface area contributed by atoms with Crippen LogP contribution in [0.4, 0.5) is 5.69 Å². The second kappa shape index (κ2) is 12.9. The van der Waals surface area contributed by atoms with E-state index in [1.54, 1.807) is 18.2 Å². The van der Waals surface area contributed by atoms with Gasteiger partial charge in [0.1, 0.15) is 12.6 Å². The maximum absolute atomic E-state index is 13.9. The number of hydrogen-bond acceptors (Lipinski definition) is 4. The van der Waals surface area contributed by atoms with Crippen LogP contribution < -0.4 is 9.62 Å². The van der Waals surface area contributed by atoms with Gasteiger partial charge in [0.15, 0.2) is 0 Å². The number of amides is 2. The normalized spacial score (nSPS) is 12.0. The molecule has 7 nitrogen and oxygen atoms in total. The van der Waals surface area contributed by atoms with E-state index in [4.69, 9.17) is 0 Å². The zero-order valence-electron chi connectivity index (χ0n) is 21.2. The molecule has 0 heterocycles. The summed E-state index contributed by atoms with van der Waals surface area (Å²) in [5.41, 5.74) is 2.97. The van der Waals surface area contributed by atoms with E-state index in [0.717, 1.165) is 31.7 Å². The Morgan fingerprint density at radius 2 is 1.62 bits per heavy atom. The van der Waals surface area contributed by atoms with Gasteiger partial charge >= 0.3 is 0 Å². The van der Waals surface area contributed by atoms with Crippen LogP contribution in [-0.4, -0.2) is 50.5 Å². The van der Waals surface area contributed by atoms with E-state index in [9.17, 15) is 18.0 Å². The van der Waals surface area contributed by atoms with Crippen molar-refractivity contribution < 1.29 is 18.0 Å². The molecular weight excluding hydrogens is 554 g/mol. The minimum absolute atomic E-state index is 0.137. The third-order valence-corrected chi connectivity index (χ3v) is 7.47.